The number of rotatable bonds is 7. The van der Waals surface area contributed by atoms with Gasteiger partial charge in [0.1, 0.15) is 6.23 Å². The van der Waals surface area contributed by atoms with E-state index in [1.54, 1.807) is 0 Å². The lowest BCUT2D eigenvalue weighted by Gasteiger charge is -2.28. The first-order chi connectivity index (χ1) is 9.79. The number of aliphatic hydroxyl groups is 1. The fourth-order valence-corrected chi connectivity index (χ4v) is 2.34. The Labute approximate surface area is 121 Å². The zero-order valence-corrected chi connectivity index (χ0v) is 12.1. The van der Waals surface area contributed by atoms with E-state index in [4.69, 9.17) is 0 Å². The Hall–Kier alpha value is -1.64. The first kappa shape index (κ1) is 14.8. The third kappa shape index (κ3) is 4.48. The molecular weight excluding hydrogens is 246 g/mol. The molecule has 106 valence electrons. The molecule has 2 heteroatoms. The van der Waals surface area contributed by atoms with Crippen LogP contribution < -0.4 is 0 Å². The van der Waals surface area contributed by atoms with Gasteiger partial charge in [-0.15, -0.1) is 0 Å². The van der Waals surface area contributed by atoms with E-state index in [9.17, 15) is 5.11 Å². The third-order valence-corrected chi connectivity index (χ3v) is 3.43. The summed E-state index contributed by atoms with van der Waals surface area (Å²) in [6, 6.07) is 20.6. The number of hydrogen-bond acceptors (Lipinski definition) is 2. The fourth-order valence-electron chi connectivity index (χ4n) is 2.34. The molecule has 0 heterocycles. The quantitative estimate of drug-likeness (QED) is 0.773. The van der Waals surface area contributed by atoms with Crippen molar-refractivity contribution in [3.05, 3.63) is 71.8 Å². The van der Waals surface area contributed by atoms with Gasteiger partial charge < -0.3 is 5.11 Å². The van der Waals surface area contributed by atoms with Crippen LogP contribution in [-0.2, 0) is 13.1 Å². The largest absolute Gasteiger partial charge is 0.378 e. The van der Waals surface area contributed by atoms with Gasteiger partial charge in [0.25, 0.3) is 0 Å². The van der Waals surface area contributed by atoms with Crippen LogP contribution in [0, 0.1) is 0 Å². The summed E-state index contributed by atoms with van der Waals surface area (Å²) < 4.78 is 0. The zero-order chi connectivity index (χ0) is 14.2. The Morgan fingerprint density at radius 1 is 0.850 bits per heavy atom. The minimum absolute atomic E-state index is 0.389. The van der Waals surface area contributed by atoms with E-state index in [1.807, 2.05) is 36.4 Å². The summed E-state index contributed by atoms with van der Waals surface area (Å²) >= 11 is 0. The van der Waals surface area contributed by atoms with Gasteiger partial charge in [-0.05, 0) is 17.5 Å². The lowest BCUT2D eigenvalue weighted by atomic mass is 10.1. The highest BCUT2D eigenvalue weighted by molar-refractivity contribution is 5.17. The van der Waals surface area contributed by atoms with Crippen molar-refractivity contribution in [3.8, 4) is 0 Å². The molecule has 0 saturated carbocycles. The summed E-state index contributed by atoms with van der Waals surface area (Å²) in [5, 5.41) is 10.4. The average Bonchev–Trinajstić information content (AvgIpc) is 2.49. The lowest BCUT2D eigenvalue weighted by molar-refractivity contribution is -0.0145. The first-order valence-electron chi connectivity index (χ1n) is 7.29. The molecule has 0 amide bonds. The van der Waals surface area contributed by atoms with E-state index >= 15 is 0 Å². The van der Waals surface area contributed by atoms with Crippen molar-refractivity contribution in [3.63, 3.8) is 0 Å². The summed E-state index contributed by atoms with van der Waals surface area (Å²) in [7, 11) is 0. The standard InChI is InChI=1S/C18H23NO/c1-2-9-18(20)19(14-16-10-5-3-6-11-16)15-17-12-7-4-8-13-17/h3-8,10-13,18,20H,2,9,14-15H2,1H3. The molecule has 0 fully saturated rings. The van der Waals surface area contributed by atoms with Crippen LogP contribution in [-0.4, -0.2) is 16.2 Å². The van der Waals surface area contributed by atoms with Crippen LogP contribution in [0.15, 0.2) is 60.7 Å². The van der Waals surface area contributed by atoms with Crippen LogP contribution in [0.5, 0.6) is 0 Å². The predicted octanol–water partition coefficient (Wildman–Crippen LogP) is 3.81. The van der Waals surface area contributed by atoms with E-state index in [2.05, 4.69) is 36.1 Å². The fraction of sp³-hybridized carbons (Fsp3) is 0.333. The zero-order valence-electron chi connectivity index (χ0n) is 12.1. The second-order valence-corrected chi connectivity index (χ2v) is 5.15. The summed E-state index contributed by atoms with van der Waals surface area (Å²) in [4.78, 5) is 2.13. The highest BCUT2D eigenvalue weighted by atomic mass is 16.3. The Bertz CT molecular complexity index is 442. The van der Waals surface area contributed by atoms with Crippen molar-refractivity contribution in [1.29, 1.82) is 0 Å². The van der Waals surface area contributed by atoms with E-state index in [-0.39, 0.29) is 6.23 Å². The Morgan fingerprint density at radius 2 is 1.30 bits per heavy atom. The molecule has 0 aromatic heterocycles. The summed E-state index contributed by atoms with van der Waals surface area (Å²) in [6.07, 6.45) is 1.40. The van der Waals surface area contributed by atoms with Gasteiger partial charge in [0, 0.05) is 13.1 Å². The number of hydrogen-bond donors (Lipinski definition) is 1. The second-order valence-electron chi connectivity index (χ2n) is 5.15. The molecule has 0 bridgehead atoms. The normalized spacial score (nSPS) is 12.6. The molecule has 0 aliphatic heterocycles. The molecule has 0 radical (unpaired) electrons. The average molecular weight is 269 g/mol. The van der Waals surface area contributed by atoms with Gasteiger partial charge in [-0.3, -0.25) is 4.90 Å². The van der Waals surface area contributed by atoms with Crippen molar-refractivity contribution in [2.75, 3.05) is 0 Å². The van der Waals surface area contributed by atoms with Crippen LogP contribution in [0.25, 0.3) is 0 Å². The molecule has 2 nitrogen and oxygen atoms in total. The van der Waals surface area contributed by atoms with Gasteiger partial charge >= 0.3 is 0 Å². The molecule has 0 aliphatic carbocycles. The van der Waals surface area contributed by atoms with E-state index < -0.39 is 0 Å². The van der Waals surface area contributed by atoms with Gasteiger partial charge in [-0.1, -0.05) is 74.0 Å². The topological polar surface area (TPSA) is 23.5 Å². The van der Waals surface area contributed by atoms with Crippen LogP contribution in [0.2, 0.25) is 0 Å². The maximum absolute atomic E-state index is 10.4. The molecule has 1 atom stereocenters. The van der Waals surface area contributed by atoms with Crippen molar-refractivity contribution in [2.24, 2.45) is 0 Å². The number of benzene rings is 2. The number of nitrogens with zero attached hydrogens (tertiary/aromatic N) is 1. The third-order valence-electron chi connectivity index (χ3n) is 3.43. The molecule has 0 spiro atoms. The van der Waals surface area contributed by atoms with E-state index in [1.165, 1.54) is 11.1 Å². The lowest BCUT2D eigenvalue weighted by Crippen LogP contribution is -2.34. The first-order valence-corrected chi connectivity index (χ1v) is 7.29. The van der Waals surface area contributed by atoms with Crippen LogP contribution in [0.1, 0.15) is 30.9 Å². The molecule has 2 aromatic rings. The second kappa shape index (κ2) is 7.83. The maximum atomic E-state index is 10.4. The van der Waals surface area contributed by atoms with Crippen molar-refractivity contribution in [2.45, 2.75) is 39.1 Å². The van der Waals surface area contributed by atoms with Gasteiger partial charge in [0.2, 0.25) is 0 Å². The molecule has 0 saturated heterocycles. The molecule has 2 rings (SSSR count). The van der Waals surface area contributed by atoms with Crippen molar-refractivity contribution >= 4 is 0 Å². The molecule has 1 unspecified atom stereocenters. The Morgan fingerprint density at radius 3 is 1.70 bits per heavy atom. The Balaban J connectivity index is 2.08. The molecule has 1 N–H and O–H groups in total. The van der Waals surface area contributed by atoms with Crippen molar-refractivity contribution in [1.82, 2.24) is 4.90 Å². The van der Waals surface area contributed by atoms with Gasteiger partial charge in [0.05, 0.1) is 0 Å². The van der Waals surface area contributed by atoms with E-state index in [0.717, 1.165) is 25.9 Å². The van der Waals surface area contributed by atoms with E-state index in [0.29, 0.717) is 0 Å². The summed E-state index contributed by atoms with van der Waals surface area (Å²) in [5.41, 5.74) is 2.47. The highest BCUT2D eigenvalue weighted by Gasteiger charge is 2.15. The minimum atomic E-state index is -0.389. The van der Waals surface area contributed by atoms with Gasteiger partial charge in [0.15, 0.2) is 0 Å². The van der Waals surface area contributed by atoms with Crippen LogP contribution >= 0.6 is 0 Å². The SMILES string of the molecule is CCCC(O)N(Cc1ccccc1)Cc1ccccc1. The van der Waals surface area contributed by atoms with Gasteiger partial charge in [-0.25, -0.2) is 0 Å². The smallest absolute Gasteiger partial charge is 0.107 e. The molecule has 20 heavy (non-hydrogen) atoms. The molecular formula is C18H23NO. The summed E-state index contributed by atoms with van der Waals surface area (Å²) in [5.74, 6) is 0. The Kier molecular flexibility index (Phi) is 5.78. The molecule has 2 aromatic carbocycles. The van der Waals surface area contributed by atoms with Crippen LogP contribution in [0.3, 0.4) is 0 Å². The maximum Gasteiger partial charge on any atom is 0.107 e. The number of aliphatic hydroxyl groups excluding tert-OH is 1. The van der Waals surface area contributed by atoms with Gasteiger partial charge in [-0.2, -0.15) is 0 Å². The molecule has 0 aliphatic rings. The van der Waals surface area contributed by atoms with Crippen molar-refractivity contribution < 1.29 is 5.11 Å². The monoisotopic (exact) mass is 269 g/mol. The highest BCUT2D eigenvalue weighted by Crippen LogP contribution is 2.14. The summed E-state index contributed by atoms with van der Waals surface area (Å²) in [6.45, 7) is 3.65. The predicted molar refractivity (Wildman–Crippen MR) is 83.0 cm³/mol. The minimum Gasteiger partial charge on any atom is -0.378 e. The van der Waals surface area contributed by atoms with Crippen LogP contribution in [0.4, 0.5) is 0 Å².